The molecule has 0 radical (unpaired) electrons. The highest BCUT2D eigenvalue weighted by atomic mass is 32.2. The quantitative estimate of drug-likeness (QED) is 0.659. The first kappa shape index (κ1) is 10.4. The van der Waals surface area contributed by atoms with Crippen molar-refractivity contribution in [3.05, 3.63) is 0 Å². The maximum absolute atomic E-state index is 9.28. The van der Waals surface area contributed by atoms with Gasteiger partial charge in [-0.15, -0.1) is 0 Å². The normalized spacial score (nSPS) is 22.2. The van der Waals surface area contributed by atoms with E-state index in [4.69, 9.17) is 0 Å². The molecule has 1 unspecified atom stereocenters. The summed E-state index contributed by atoms with van der Waals surface area (Å²) in [5.74, 6) is 0. The highest BCUT2D eigenvalue weighted by molar-refractivity contribution is 8.00. The monoisotopic (exact) mass is 189 g/mol. The fourth-order valence-corrected chi connectivity index (χ4v) is 1.96. The first-order valence-electron chi connectivity index (χ1n) is 4.66. The third-order valence-electron chi connectivity index (χ3n) is 2.54. The molecule has 1 aliphatic rings. The lowest BCUT2D eigenvalue weighted by Crippen LogP contribution is -2.32. The predicted molar refractivity (Wildman–Crippen MR) is 54.6 cm³/mol. The van der Waals surface area contributed by atoms with Gasteiger partial charge in [0.1, 0.15) is 0 Å². The summed E-state index contributed by atoms with van der Waals surface area (Å²) in [6.45, 7) is 3.82. The average molecular weight is 189 g/mol. The van der Waals surface area contributed by atoms with Gasteiger partial charge in [-0.2, -0.15) is 11.8 Å². The third-order valence-corrected chi connectivity index (χ3v) is 3.96. The zero-order valence-corrected chi connectivity index (χ0v) is 8.78. The summed E-state index contributed by atoms with van der Waals surface area (Å²) in [4.78, 5) is 0. The number of aliphatic hydroxyl groups is 1. The molecule has 2 N–H and O–H groups in total. The molecule has 0 spiro atoms. The van der Waals surface area contributed by atoms with Crippen LogP contribution in [-0.2, 0) is 0 Å². The number of hydrogen-bond donors (Lipinski definition) is 2. The van der Waals surface area contributed by atoms with E-state index in [0.717, 1.165) is 19.5 Å². The molecule has 1 rings (SSSR count). The molecular weight excluding hydrogens is 170 g/mol. The Bertz CT molecular complexity index is 136. The van der Waals surface area contributed by atoms with E-state index in [9.17, 15) is 5.11 Å². The molecule has 0 heterocycles. The van der Waals surface area contributed by atoms with Gasteiger partial charge in [0.15, 0.2) is 0 Å². The zero-order valence-electron chi connectivity index (χ0n) is 7.97. The van der Waals surface area contributed by atoms with Gasteiger partial charge < -0.3 is 10.4 Å². The van der Waals surface area contributed by atoms with Gasteiger partial charge in [0.2, 0.25) is 0 Å². The average Bonchev–Trinajstić information content (AvgIpc) is 2.85. The Balaban J connectivity index is 2.02. The molecule has 0 bridgehead atoms. The van der Waals surface area contributed by atoms with Crippen molar-refractivity contribution in [3.63, 3.8) is 0 Å². The minimum Gasteiger partial charge on any atom is -0.392 e. The third kappa shape index (κ3) is 2.96. The van der Waals surface area contributed by atoms with Gasteiger partial charge in [0, 0.05) is 17.8 Å². The van der Waals surface area contributed by atoms with Gasteiger partial charge in [-0.1, -0.05) is 6.92 Å². The molecule has 0 saturated heterocycles. The Morgan fingerprint density at radius 2 is 2.25 bits per heavy atom. The van der Waals surface area contributed by atoms with Gasteiger partial charge >= 0.3 is 0 Å². The fraction of sp³-hybridized carbons (Fsp3) is 1.00. The molecule has 1 saturated carbocycles. The van der Waals surface area contributed by atoms with E-state index in [1.54, 1.807) is 0 Å². The Morgan fingerprint density at radius 3 is 2.67 bits per heavy atom. The predicted octanol–water partition coefficient (Wildman–Crippen LogP) is 1.24. The van der Waals surface area contributed by atoms with Gasteiger partial charge in [-0.25, -0.2) is 0 Å². The SMILES string of the molecule is CCC(O)CNCC1(SC)CC1. The minimum atomic E-state index is -0.164. The maximum Gasteiger partial charge on any atom is 0.0662 e. The Labute approximate surface area is 79.1 Å². The Hall–Kier alpha value is 0.270. The second-order valence-corrected chi connectivity index (χ2v) is 4.85. The van der Waals surface area contributed by atoms with Crippen molar-refractivity contribution < 1.29 is 5.11 Å². The molecule has 0 aromatic heterocycles. The van der Waals surface area contributed by atoms with Crippen molar-refractivity contribution in [3.8, 4) is 0 Å². The van der Waals surface area contributed by atoms with E-state index < -0.39 is 0 Å². The van der Waals surface area contributed by atoms with E-state index in [1.165, 1.54) is 12.8 Å². The summed E-state index contributed by atoms with van der Waals surface area (Å²) >= 11 is 1.95. The lowest BCUT2D eigenvalue weighted by Gasteiger charge is -2.14. The largest absolute Gasteiger partial charge is 0.392 e. The number of rotatable bonds is 6. The van der Waals surface area contributed by atoms with Gasteiger partial charge in [0.05, 0.1) is 6.10 Å². The summed E-state index contributed by atoms with van der Waals surface area (Å²) in [7, 11) is 0. The lowest BCUT2D eigenvalue weighted by atomic mass is 10.3. The minimum absolute atomic E-state index is 0.164. The van der Waals surface area contributed by atoms with Crippen LogP contribution < -0.4 is 5.32 Å². The topological polar surface area (TPSA) is 32.3 Å². The molecule has 1 aliphatic carbocycles. The standard InChI is InChI=1S/C9H19NOS/c1-3-8(11)6-10-7-9(12-2)4-5-9/h8,10-11H,3-7H2,1-2H3. The van der Waals surface area contributed by atoms with Crippen LogP contribution in [0.1, 0.15) is 26.2 Å². The summed E-state index contributed by atoms with van der Waals surface area (Å²) < 4.78 is 0.521. The molecule has 0 aliphatic heterocycles. The van der Waals surface area contributed by atoms with Crippen LogP contribution >= 0.6 is 11.8 Å². The molecule has 72 valence electrons. The van der Waals surface area contributed by atoms with E-state index in [2.05, 4.69) is 11.6 Å². The van der Waals surface area contributed by atoms with Crippen molar-refractivity contribution in [2.75, 3.05) is 19.3 Å². The van der Waals surface area contributed by atoms with E-state index in [0.29, 0.717) is 4.75 Å². The lowest BCUT2D eigenvalue weighted by molar-refractivity contribution is 0.167. The van der Waals surface area contributed by atoms with Crippen LogP contribution in [0.5, 0.6) is 0 Å². The van der Waals surface area contributed by atoms with Gasteiger partial charge in [-0.05, 0) is 25.5 Å². The molecule has 1 atom stereocenters. The highest BCUT2D eigenvalue weighted by Crippen LogP contribution is 2.46. The molecule has 1 fully saturated rings. The maximum atomic E-state index is 9.28. The van der Waals surface area contributed by atoms with Crippen molar-refractivity contribution in [1.82, 2.24) is 5.32 Å². The Morgan fingerprint density at radius 1 is 1.58 bits per heavy atom. The number of hydrogen-bond acceptors (Lipinski definition) is 3. The van der Waals surface area contributed by atoms with Crippen molar-refractivity contribution >= 4 is 11.8 Å². The van der Waals surface area contributed by atoms with E-state index >= 15 is 0 Å². The first-order valence-corrected chi connectivity index (χ1v) is 5.89. The van der Waals surface area contributed by atoms with Crippen LogP contribution in [0.3, 0.4) is 0 Å². The second-order valence-electron chi connectivity index (χ2n) is 3.58. The molecule has 0 aromatic rings. The van der Waals surface area contributed by atoms with Crippen LogP contribution in [0.2, 0.25) is 0 Å². The van der Waals surface area contributed by atoms with Crippen molar-refractivity contribution in [2.24, 2.45) is 0 Å². The van der Waals surface area contributed by atoms with Crippen LogP contribution in [0.4, 0.5) is 0 Å². The molecule has 12 heavy (non-hydrogen) atoms. The van der Waals surface area contributed by atoms with Crippen molar-refractivity contribution in [2.45, 2.75) is 37.0 Å². The second kappa shape index (κ2) is 4.49. The Kier molecular flexibility index (Phi) is 3.87. The molecule has 0 amide bonds. The highest BCUT2D eigenvalue weighted by Gasteiger charge is 2.41. The molecule has 2 nitrogen and oxygen atoms in total. The van der Waals surface area contributed by atoms with Gasteiger partial charge in [-0.3, -0.25) is 0 Å². The smallest absolute Gasteiger partial charge is 0.0662 e. The summed E-state index contributed by atoms with van der Waals surface area (Å²) in [5, 5.41) is 12.6. The molecular formula is C9H19NOS. The van der Waals surface area contributed by atoms with E-state index in [-0.39, 0.29) is 6.10 Å². The molecule has 3 heteroatoms. The summed E-state index contributed by atoms with van der Waals surface area (Å²) in [5.41, 5.74) is 0. The zero-order chi connectivity index (χ0) is 9.03. The van der Waals surface area contributed by atoms with Crippen LogP contribution in [0.25, 0.3) is 0 Å². The number of aliphatic hydroxyl groups excluding tert-OH is 1. The van der Waals surface area contributed by atoms with Crippen LogP contribution in [0.15, 0.2) is 0 Å². The van der Waals surface area contributed by atoms with E-state index in [1.807, 2.05) is 18.7 Å². The fourth-order valence-electron chi connectivity index (χ4n) is 1.20. The molecule has 0 aromatic carbocycles. The van der Waals surface area contributed by atoms with Crippen LogP contribution in [-0.4, -0.2) is 35.3 Å². The number of nitrogens with one attached hydrogen (secondary N) is 1. The van der Waals surface area contributed by atoms with Gasteiger partial charge in [0.25, 0.3) is 0 Å². The summed E-state index contributed by atoms with van der Waals surface area (Å²) in [6.07, 6.45) is 5.53. The number of thioether (sulfide) groups is 1. The van der Waals surface area contributed by atoms with Crippen molar-refractivity contribution in [1.29, 1.82) is 0 Å². The summed E-state index contributed by atoms with van der Waals surface area (Å²) in [6, 6.07) is 0. The van der Waals surface area contributed by atoms with Crippen LogP contribution in [0, 0.1) is 0 Å². The first-order chi connectivity index (χ1) is 5.72.